The Labute approximate surface area is 156 Å². The Morgan fingerprint density at radius 1 is 0.815 bits per heavy atom. The van der Waals surface area contributed by atoms with Crippen molar-refractivity contribution in [1.82, 2.24) is 15.2 Å². The van der Waals surface area contributed by atoms with Crippen molar-refractivity contribution in [3.63, 3.8) is 0 Å². The number of aromatic nitrogens is 3. The lowest BCUT2D eigenvalue weighted by Gasteiger charge is -2.09. The second-order valence-corrected chi connectivity index (χ2v) is 5.85. The molecular weight excluding hydrogens is 338 g/mol. The van der Waals surface area contributed by atoms with Gasteiger partial charge in [0.25, 0.3) is 5.95 Å². The molecule has 2 heterocycles. The van der Waals surface area contributed by atoms with Crippen LogP contribution in [0, 0.1) is 0 Å². The van der Waals surface area contributed by atoms with E-state index in [-0.39, 0.29) is 0 Å². The van der Waals surface area contributed by atoms with Crippen molar-refractivity contribution in [2.45, 2.75) is 6.92 Å². The van der Waals surface area contributed by atoms with Gasteiger partial charge in [-0.05, 0) is 19.1 Å². The minimum Gasteiger partial charge on any atom is -0.463 e. The molecule has 132 valence electrons. The van der Waals surface area contributed by atoms with Crippen molar-refractivity contribution in [2.24, 2.45) is 5.10 Å². The van der Waals surface area contributed by atoms with Crippen LogP contribution in [0.2, 0.25) is 0 Å². The van der Waals surface area contributed by atoms with Crippen LogP contribution in [-0.2, 0) is 0 Å². The summed E-state index contributed by atoms with van der Waals surface area (Å²) in [6.07, 6.45) is 1.61. The zero-order valence-corrected chi connectivity index (χ0v) is 14.7. The van der Waals surface area contributed by atoms with Gasteiger partial charge in [0.2, 0.25) is 0 Å². The van der Waals surface area contributed by atoms with Crippen LogP contribution in [0.3, 0.4) is 0 Å². The molecule has 0 aliphatic rings. The van der Waals surface area contributed by atoms with Gasteiger partial charge in [-0.25, -0.2) is 10.4 Å². The average molecular weight is 355 g/mol. The van der Waals surface area contributed by atoms with E-state index in [0.717, 1.165) is 22.5 Å². The summed E-state index contributed by atoms with van der Waals surface area (Å²) in [5.41, 5.74) is 6.93. The molecule has 0 spiro atoms. The Balaban J connectivity index is 1.72. The zero-order valence-electron chi connectivity index (χ0n) is 14.7. The molecule has 0 bridgehead atoms. The summed E-state index contributed by atoms with van der Waals surface area (Å²) in [7, 11) is 0. The highest BCUT2D eigenvalue weighted by Crippen LogP contribution is 2.28. The number of rotatable bonds is 5. The SMILES string of the molecule is C/C(=N/Nc1nnc(-c2ccccc2)c(-c2ccccc2)n1)c1ccco1. The number of nitrogens with zero attached hydrogens (tertiary/aromatic N) is 4. The molecule has 6 nitrogen and oxygen atoms in total. The van der Waals surface area contributed by atoms with E-state index in [4.69, 9.17) is 4.42 Å². The summed E-state index contributed by atoms with van der Waals surface area (Å²) in [6.45, 7) is 1.84. The fraction of sp³-hybridized carbons (Fsp3) is 0.0476. The van der Waals surface area contributed by atoms with Crippen LogP contribution in [0.25, 0.3) is 22.5 Å². The molecule has 0 aliphatic heterocycles. The van der Waals surface area contributed by atoms with E-state index in [9.17, 15) is 0 Å². The number of benzene rings is 2. The van der Waals surface area contributed by atoms with E-state index < -0.39 is 0 Å². The van der Waals surface area contributed by atoms with Gasteiger partial charge in [-0.2, -0.15) is 5.10 Å². The number of hydrogen-bond donors (Lipinski definition) is 1. The Kier molecular flexibility index (Phi) is 4.70. The Morgan fingerprint density at radius 2 is 1.48 bits per heavy atom. The van der Waals surface area contributed by atoms with E-state index in [1.165, 1.54) is 0 Å². The Morgan fingerprint density at radius 3 is 2.11 bits per heavy atom. The molecule has 0 saturated carbocycles. The number of hydrazone groups is 1. The van der Waals surface area contributed by atoms with Crippen LogP contribution >= 0.6 is 0 Å². The van der Waals surface area contributed by atoms with Crippen LogP contribution in [0.1, 0.15) is 12.7 Å². The van der Waals surface area contributed by atoms with Crippen molar-refractivity contribution in [3.8, 4) is 22.5 Å². The molecule has 0 unspecified atom stereocenters. The monoisotopic (exact) mass is 355 g/mol. The molecule has 1 N–H and O–H groups in total. The molecule has 4 aromatic rings. The first-order valence-electron chi connectivity index (χ1n) is 8.51. The fourth-order valence-corrected chi connectivity index (χ4v) is 2.63. The van der Waals surface area contributed by atoms with E-state index in [1.807, 2.05) is 79.7 Å². The fourth-order valence-electron chi connectivity index (χ4n) is 2.63. The molecular formula is C21H17N5O. The maximum Gasteiger partial charge on any atom is 0.263 e. The highest BCUT2D eigenvalue weighted by Gasteiger charge is 2.13. The summed E-state index contributed by atoms with van der Waals surface area (Å²) in [6, 6.07) is 23.4. The third kappa shape index (κ3) is 3.74. The summed E-state index contributed by atoms with van der Waals surface area (Å²) >= 11 is 0. The molecule has 27 heavy (non-hydrogen) atoms. The normalized spacial score (nSPS) is 11.4. The second-order valence-electron chi connectivity index (χ2n) is 5.85. The molecule has 0 atom stereocenters. The van der Waals surface area contributed by atoms with E-state index >= 15 is 0 Å². The predicted molar refractivity (Wildman–Crippen MR) is 105 cm³/mol. The Hall–Kier alpha value is -3.80. The highest BCUT2D eigenvalue weighted by atomic mass is 16.3. The maximum absolute atomic E-state index is 5.33. The van der Waals surface area contributed by atoms with Crippen molar-refractivity contribution >= 4 is 11.7 Å². The Bertz CT molecular complexity index is 1040. The summed E-state index contributed by atoms with van der Waals surface area (Å²) in [5.74, 6) is 0.999. The number of hydrogen-bond acceptors (Lipinski definition) is 6. The van der Waals surface area contributed by atoms with Crippen molar-refractivity contribution in [3.05, 3.63) is 84.8 Å². The maximum atomic E-state index is 5.33. The molecule has 0 amide bonds. The number of furan rings is 1. The van der Waals surface area contributed by atoms with Gasteiger partial charge in [0.05, 0.1) is 6.26 Å². The van der Waals surface area contributed by atoms with Gasteiger partial charge in [-0.1, -0.05) is 60.7 Å². The molecule has 4 rings (SSSR count). The van der Waals surface area contributed by atoms with Crippen molar-refractivity contribution in [1.29, 1.82) is 0 Å². The highest BCUT2D eigenvalue weighted by molar-refractivity contribution is 5.96. The number of anilines is 1. The van der Waals surface area contributed by atoms with Gasteiger partial charge in [-0.15, -0.1) is 10.2 Å². The average Bonchev–Trinajstić information content (AvgIpc) is 3.28. The topological polar surface area (TPSA) is 76.2 Å². The van der Waals surface area contributed by atoms with Crippen LogP contribution in [0.5, 0.6) is 0 Å². The summed E-state index contributed by atoms with van der Waals surface area (Å²) < 4.78 is 5.33. The summed E-state index contributed by atoms with van der Waals surface area (Å²) in [4.78, 5) is 4.65. The summed E-state index contributed by atoms with van der Waals surface area (Å²) in [5, 5.41) is 12.9. The first-order chi connectivity index (χ1) is 13.3. The largest absolute Gasteiger partial charge is 0.463 e. The lowest BCUT2D eigenvalue weighted by Crippen LogP contribution is -2.05. The van der Waals surface area contributed by atoms with Gasteiger partial charge in [0.1, 0.15) is 22.9 Å². The van der Waals surface area contributed by atoms with Crippen LogP contribution < -0.4 is 5.43 Å². The zero-order chi connectivity index (χ0) is 18.5. The van der Waals surface area contributed by atoms with Crippen LogP contribution in [0.15, 0.2) is 88.6 Å². The molecule has 0 radical (unpaired) electrons. The molecule has 6 heteroatoms. The molecule has 2 aromatic heterocycles. The van der Waals surface area contributed by atoms with E-state index in [2.05, 4.69) is 25.7 Å². The van der Waals surface area contributed by atoms with Crippen LogP contribution in [-0.4, -0.2) is 20.9 Å². The first-order valence-corrected chi connectivity index (χ1v) is 8.51. The van der Waals surface area contributed by atoms with Crippen molar-refractivity contribution < 1.29 is 4.42 Å². The third-order valence-corrected chi connectivity index (χ3v) is 3.98. The van der Waals surface area contributed by atoms with Gasteiger partial charge in [-0.3, -0.25) is 0 Å². The second kappa shape index (κ2) is 7.61. The van der Waals surface area contributed by atoms with Crippen LogP contribution in [0.4, 0.5) is 5.95 Å². The molecule has 2 aromatic carbocycles. The van der Waals surface area contributed by atoms with E-state index in [1.54, 1.807) is 6.26 Å². The standard InChI is InChI=1S/C21H17N5O/c1-15(18-13-8-14-27-18)23-25-21-22-19(16-9-4-2-5-10-16)20(24-26-21)17-11-6-3-7-12-17/h2-14H,1H3,(H,22,25,26)/b23-15-. The van der Waals surface area contributed by atoms with E-state index in [0.29, 0.717) is 17.4 Å². The number of nitrogens with one attached hydrogen (secondary N) is 1. The lowest BCUT2D eigenvalue weighted by molar-refractivity contribution is 0.557. The third-order valence-electron chi connectivity index (χ3n) is 3.98. The van der Waals surface area contributed by atoms with Gasteiger partial charge in [0.15, 0.2) is 0 Å². The predicted octanol–water partition coefficient (Wildman–Crippen LogP) is 4.63. The minimum atomic E-state index is 0.319. The lowest BCUT2D eigenvalue weighted by atomic mass is 10.0. The molecule has 0 aliphatic carbocycles. The molecule has 0 saturated heterocycles. The smallest absolute Gasteiger partial charge is 0.263 e. The van der Waals surface area contributed by atoms with Gasteiger partial charge >= 0.3 is 0 Å². The minimum absolute atomic E-state index is 0.319. The quantitative estimate of drug-likeness (QED) is 0.417. The van der Waals surface area contributed by atoms with Gasteiger partial charge < -0.3 is 4.42 Å². The van der Waals surface area contributed by atoms with Gasteiger partial charge in [0, 0.05) is 11.1 Å². The molecule has 0 fully saturated rings. The van der Waals surface area contributed by atoms with Crippen molar-refractivity contribution in [2.75, 3.05) is 5.43 Å². The first kappa shape index (κ1) is 16.7.